The van der Waals surface area contributed by atoms with Gasteiger partial charge in [0.1, 0.15) is 24.7 Å². The van der Waals surface area contributed by atoms with Crippen molar-refractivity contribution in [2.45, 2.75) is 45.1 Å². The molecule has 8 nitrogen and oxygen atoms in total. The van der Waals surface area contributed by atoms with Gasteiger partial charge in [-0.3, -0.25) is 9.36 Å². The predicted octanol–water partition coefficient (Wildman–Crippen LogP) is 0.932. The first-order valence-electron chi connectivity index (χ1n) is 7.74. The third kappa shape index (κ3) is 5.46. The number of carbonyl (C=O) groups excluding carboxylic acids is 1. The average molecular weight is 371 g/mol. The van der Waals surface area contributed by atoms with Gasteiger partial charge in [0.05, 0.1) is 11.1 Å². The lowest BCUT2D eigenvalue weighted by atomic mass is 10.1. The van der Waals surface area contributed by atoms with E-state index in [0.717, 1.165) is 0 Å². The first-order chi connectivity index (χ1) is 11.8. The summed E-state index contributed by atoms with van der Waals surface area (Å²) < 4.78 is 12.2. The van der Waals surface area contributed by atoms with Crippen molar-refractivity contribution in [3.05, 3.63) is 21.7 Å². The van der Waals surface area contributed by atoms with Crippen molar-refractivity contribution < 1.29 is 14.3 Å². The van der Waals surface area contributed by atoms with Crippen LogP contribution in [0.3, 0.4) is 0 Å². The van der Waals surface area contributed by atoms with E-state index in [2.05, 4.69) is 17.8 Å². The normalized spacial score (nSPS) is 20.6. The van der Waals surface area contributed by atoms with Crippen LogP contribution in [0.5, 0.6) is 0 Å². The van der Waals surface area contributed by atoms with E-state index in [-0.39, 0.29) is 29.5 Å². The van der Waals surface area contributed by atoms with Crippen molar-refractivity contribution in [2.75, 3.05) is 12.3 Å². The fourth-order valence-corrected chi connectivity index (χ4v) is 2.37. The van der Waals surface area contributed by atoms with E-state index < -0.39 is 23.9 Å². The van der Waals surface area contributed by atoms with E-state index >= 15 is 0 Å². The summed E-state index contributed by atoms with van der Waals surface area (Å²) in [4.78, 5) is 27.2. The monoisotopic (exact) mass is 370 g/mol. The molecule has 4 N–H and O–H groups in total. The number of esters is 1. The molecule has 25 heavy (non-hydrogen) atoms. The largest absolute Gasteiger partial charge is 0.462 e. The van der Waals surface area contributed by atoms with Crippen LogP contribution in [0.15, 0.2) is 11.0 Å². The molecule has 3 atom stereocenters. The van der Waals surface area contributed by atoms with Crippen molar-refractivity contribution in [1.29, 1.82) is 0 Å². The molecule has 2 heterocycles. The first kappa shape index (κ1) is 21.0. The van der Waals surface area contributed by atoms with Gasteiger partial charge in [-0.2, -0.15) is 4.98 Å². The number of ether oxygens (including phenoxy) is 2. The van der Waals surface area contributed by atoms with Gasteiger partial charge in [-0.1, -0.05) is 25.4 Å². The van der Waals surface area contributed by atoms with Gasteiger partial charge in [0, 0.05) is 6.20 Å². The predicted molar refractivity (Wildman–Crippen MR) is 94.7 cm³/mol. The highest BCUT2D eigenvalue weighted by atomic mass is 35.5. The van der Waals surface area contributed by atoms with Gasteiger partial charge < -0.3 is 20.9 Å². The maximum Gasteiger partial charge on any atom is 0.351 e. The molecule has 0 aliphatic carbocycles. The van der Waals surface area contributed by atoms with Gasteiger partial charge in [0.2, 0.25) is 0 Å². The van der Waals surface area contributed by atoms with Crippen molar-refractivity contribution in [1.82, 2.24) is 9.55 Å². The van der Waals surface area contributed by atoms with E-state index in [1.165, 1.54) is 10.8 Å². The summed E-state index contributed by atoms with van der Waals surface area (Å²) in [5, 5.41) is 0.186. The molecule has 1 aromatic rings. The van der Waals surface area contributed by atoms with Gasteiger partial charge in [0.25, 0.3) is 0 Å². The minimum absolute atomic E-state index is 0.00122. The summed E-state index contributed by atoms with van der Waals surface area (Å²) in [6.07, 6.45) is 9.82. The zero-order valence-corrected chi connectivity index (χ0v) is 15.0. The second kappa shape index (κ2) is 9.42. The van der Waals surface area contributed by atoms with Crippen molar-refractivity contribution >= 4 is 23.4 Å². The standard InChI is InChI=1S/C14H21ClN4O4.C2H2/c1-7(2)11(16)13(20)22-6-8-3-4-10(23-8)19-5-9(15)12(17)18-14(19)21;1-2/h5,7-8,10-11H,3-4,6,16H2,1-2H3,(H2,17,18,21);1-2H. The number of terminal acetylenes is 1. The summed E-state index contributed by atoms with van der Waals surface area (Å²) in [7, 11) is 0. The highest BCUT2D eigenvalue weighted by Crippen LogP contribution is 2.28. The Morgan fingerprint density at radius 2 is 2.16 bits per heavy atom. The average Bonchev–Trinajstić information content (AvgIpc) is 3.05. The molecule has 0 aromatic carbocycles. The molecule has 0 radical (unpaired) electrons. The van der Waals surface area contributed by atoms with E-state index in [0.29, 0.717) is 12.8 Å². The smallest absolute Gasteiger partial charge is 0.351 e. The van der Waals surface area contributed by atoms with E-state index in [1.807, 2.05) is 13.8 Å². The topological polar surface area (TPSA) is 122 Å². The quantitative estimate of drug-likeness (QED) is 0.583. The highest BCUT2D eigenvalue weighted by molar-refractivity contribution is 6.32. The lowest BCUT2D eigenvalue weighted by Gasteiger charge is -2.18. The Bertz CT molecular complexity index is 674. The molecule has 138 valence electrons. The number of rotatable bonds is 5. The number of nitrogens with two attached hydrogens (primary N) is 2. The minimum atomic E-state index is -0.657. The van der Waals surface area contributed by atoms with E-state index in [1.54, 1.807) is 0 Å². The van der Waals surface area contributed by atoms with Gasteiger partial charge in [0.15, 0.2) is 0 Å². The highest BCUT2D eigenvalue weighted by Gasteiger charge is 2.29. The number of halogens is 1. The van der Waals surface area contributed by atoms with Crippen LogP contribution in [0.4, 0.5) is 5.82 Å². The molecule has 0 saturated carbocycles. The summed E-state index contributed by atoms with van der Waals surface area (Å²) >= 11 is 5.88. The Morgan fingerprint density at radius 3 is 2.76 bits per heavy atom. The van der Waals surface area contributed by atoms with Crippen LogP contribution in [0.1, 0.15) is 32.9 Å². The van der Waals surface area contributed by atoms with Crippen LogP contribution < -0.4 is 17.2 Å². The van der Waals surface area contributed by atoms with E-state index in [9.17, 15) is 9.59 Å². The fraction of sp³-hybridized carbons (Fsp3) is 0.562. The Hall–Kier alpha value is -2.08. The molecule has 3 unspecified atom stereocenters. The Balaban J connectivity index is 0.00000151. The number of nitrogen functional groups attached to an aromatic ring is 1. The number of hydrogen-bond donors (Lipinski definition) is 2. The van der Waals surface area contributed by atoms with Crippen LogP contribution in [-0.2, 0) is 14.3 Å². The molecular formula is C16H23ClN4O4. The second-order valence-corrected chi connectivity index (χ2v) is 6.26. The van der Waals surface area contributed by atoms with Gasteiger partial charge in [-0.15, -0.1) is 12.8 Å². The fourth-order valence-electron chi connectivity index (χ4n) is 2.22. The molecule has 1 aliphatic heterocycles. The minimum Gasteiger partial charge on any atom is -0.462 e. The third-order valence-electron chi connectivity index (χ3n) is 3.73. The summed E-state index contributed by atoms with van der Waals surface area (Å²) in [6.45, 7) is 3.79. The van der Waals surface area contributed by atoms with Crippen molar-refractivity contribution in [3.8, 4) is 12.8 Å². The van der Waals surface area contributed by atoms with Crippen LogP contribution in [0.2, 0.25) is 5.02 Å². The molecular weight excluding hydrogens is 348 g/mol. The molecule has 9 heteroatoms. The van der Waals surface area contributed by atoms with Crippen LogP contribution in [-0.4, -0.2) is 34.3 Å². The molecule has 1 aliphatic rings. The maximum atomic E-state index is 11.8. The van der Waals surface area contributed by atoms with Crippen molar-refractivity contribution in [2.24, 2.45) is 11.7 Å². The Kier molecular flexibility index (Phi) is 7.90. The molecule has 0 amide bonds. The van der Waals surface area contributed by atoms with Crippen molar-refractivity contribution in [3.63, 3.8) is 0 Å². The van der Waals surface area contributed by atoms with Crippen LogP contribution in [0.25, 0.3) is 0 Å². The van der Waals surface area contributed by atoms with Gasteiger partial charge in [-0.05, 0) is 18.8 Å². The summed E-state index contributed by atoms with van der Waals surface area (Å²) in [5.41, 5.74) is 10.7. The summed E-state index contributed by atoms with van der Waals surface area (Å²) in [6, 6.07) is -0.657. The lowest BCUT2D eigenvalue weighted by molar-refractivity contribution is -0.151. The number of nitrogens with zero attached hydrogens (tertiary/aromatic N) is 2. The lowest BCUT2D eigenvalue weighted by Crippen LogP contribution is -2.38. The number of hydrogen-bond acceptors (Lipinski definition) is 7. The Labute approximate surface area is 151 Å². The molecule has 1 saturated heterocycles. The van der Waals surface area contributed by atoms with Crippen LogP contribution >= 0.6 is 11.6 Å². The second-order valence-electron chi connectivity index (χ2n) is 5.85. The van der Waals surface area contributed by atoms with Gasteiger partial charge in [-0.25, -0.2) is 4.79 Å². The molecule has 1 aromatic heterocycles. The third-order valence-corrected chi connectivity index (χ3v) is 4.02. The molecule has 0 bridgehead atoms. The zero-order valence-electron chi connectivity index (χ0n) is 14.2. The molecule has 0 spiro atoms. The Morgan fingerprint density at radius 1 is 1.52 bits per heavy atom. The van der Waals surface area contributed by atoms with Crippen LogP contribution in [0, 0.1) is 18.8 Å². The van der Waals surface area contributed by atoms with E-state index in [4.69, 9.17) is 32.5 Å². The SMILES string of the molecule is C#C.CC(C)C(N)C(=O)OCC1CCC(n2cc(Cl)c(N)nc2=O)O1. The molecule has 1 fully saturated rings. The first-order valence-corrected chi connectivity index (χ1v) is 8.12. The molecule has 2 rings (SSSR count). The number of carbonyl (C=O) groups is 1. The zero-order chi connectivity index (χ0) is 19.1. The maximum absolute atomic E-state index is 11.8. The summed E-state index contributed by atoms with van der Waals surface area (Å²) in [5.74, 6) is -0.471. The number of anilines is 1. The van der Waals surface area contributed by atoms with Gasteiger partial charge >= 0.3 is 11.7 Å². The number of aromatic nitrogens is 2.